The van der Waals surface area contributed by atoms with Gasteiger partial charge in [-0.15, -0.1) is 0 Å². The summed E-state index contributed by atoms with van der Waals surface area (Å²) in [6, 6.07) is 13.6. The number of carbonyl (C=O) groups excluding carboxylic acids is 2. The van der Waals surface area contributed by atoms with Crippen LogP contribution < -0.4 is 10.1 Å². The Hall–Kier alpha value is -3.50. The van der Waals surface area contributed by atoms with Crippen molar-refractivity contribution < 1.29 is 22.7 Å². The van der Waals surface area contributed by atoms with E-state index in [0.717, 1.165) is 24.9 Å². The minimum atomic E-state index is -3.82. The van der Waals surface area contributed by atoms with Crippen LogP contribution in [-0.2, 0) is 14.8 Å². The van der Waals surface area contributed by atoms with Gasteiger partial charge in [-0.25, -0.2) is 13.1 Å². The summed E-state index contributed by atoms with van der Waals surface area (Å²) >= 11 is 0. The third kappa shape index (κ3) is 4.85. The number of ether oxygens (including phenoxy) is 1. The van der Waals surface area contributed by atoms with Crippen LogP contribution in [0.15, 0.2) is 53.4 Å². The molecule has 2 heterocycles. The van der Waals surface area contributed by atoms with Gasteiger partial charge < -0.3 is 10.1 Å². The highest BCUT2D eigenvalue weighted by Crippen LogP contribution is 2.31. The van der Waals surface area contributed by atoms with Crippen molar-refractivity contribution in [1.29, 1.82) is 0 Å². The van der Waals surface area contributed by atoms with Gasteiger partial charge in [0.2, 0.25) is 10.0 Å². The van der Waals surface area contributed by atoms with Crippen LogP contribution in [0.25, 0.3) is 5.69 Å². The van der Waals surface area contributed by atoms with E-state index in [9.17, 15) is 18.0 Å². The number of nitrogens with zero attached hydrogens (tertiary/aromatic N) is 3. The average molecular weight is 497 g/mol. The first kappa shape index (κ1) is 24.6. The van der Waals surface area contributed by atoms with Gasteiger partial charge in [-0.1, -0.05) is 24.6 Å². The molecule has 1 saturated heterocycles. The summed E-state index contributed by atoms with van der Waals surface area (Å²) in [4.78, 5) is 25.9. The van der Waals surface area contributed by atoms with Crippen molar-refractivity contribution in [2.75, 3.05) is 25.5 Å². The summed E-state index contributed by atoms with van der Waals surface area (Å²) in [5.74, 6) is -1.45. The van der Waals surface area contributed by atoms with E-state index >= 15 is 0 Å². The van der Waals surface area contributed by atoms with Crippen molar-refractivity contribution in [2.24, 2.45) is 0 Å². The highest BCUT2D eigenvalue weighted by Gasteiger charge is 2.30. The molecular weight excluding hydrogens is 468 g/mol. The Morgan fingerprint density at radius 3 is 2.34 bits per heavy atom. The number of aromatic nitrogens is 2. The van der Waals surface area contributed by atoms with E-state index in [2.05, 4.69) is 10.4 Å². The van der Waals surface area contributed by atoms with Crippen LogP contribution in [0.5, 0.6) is 5.75 Å². The highest BCUT2D eigenvalue weighted by molar-refractivity contribution is 7.89. The molecule has 10 heteroatoms. The zero-order valence-corrected chi connectivity index (χ0v) is 20.8. The SMILES string of the molecule is COc1ccc(NC(=O)C(=O)c2c(C)nn(-c3ccccc3)c2C)cc1S(=O)(=O)N1CCCCC1. The standard InChI is InChI=1S/C25H28N4O5S/c1-17-23(18(2)29(27-17)20-10-6-4-7-11-20)24(30)25(31)26-19-12-13-21(34-3)22(16-19)35(32,33)28-14-8-5-9-15-28/h4,6-7,10-13,16H,5,8-9,14-15H2,1-3H3,(H,26,31). The number of para-hydroxylation sites is 1. The molecule has 2 aromatic carbocycles. The molecule has 1 amide bonds. The summed E-state index contributed by atoms with van der Waals surface area (Å²) in [5.41, 5.74) is 2.13. The monoisotopic (exact) mass is 496 g/mol. The molecule has 0 radical (unpaired) electrons. The van der Waals surface area contributed by atoms with Crippen molar-refractivity contribution in [3.8, 4) is 11.4 Å². The van der Waals surface area contributed by atoms with Gasteiger partial charge in [-0.2, -0.15) is 9.40 Å². The lowest BCUT2D eigenvalue weighted by molar-refractivity contribution is -0.112. The second-order valence-corrected chi connectivity index (χ2v) is 10.3. The van der Waals surface area contributed by atoms with Crippen LogP contribution in [0.1, 0.15) is 41.0 Å². The molecule has 0 saturated carbocycles. The molecule has 0 bridgehead atoms. The fourth-order valence-electron chi connectivity index (χ4n) is 4.29. The van der Waals surface area contributed by atoms with Gasteiger partial charge in [0.05, 0.1) is 29.7 Å². The predicted molar refractivity (Wildman–Crippen MR) is 132 cm³/mol. The Kier molecular flexibility index (Phi) is 7.04. The van der Waals surface area contributed by atoms with Crippen molar-refractivity contribution in [2.45, 2.75) is 38.0 Å². The Morgan fingerprint density at radius 1 is 1.00 bits per heavy atom. The zero-order valence-electron chi connectivity index (χ0n) is 19.9. The molecule has 1 aliphatic rings. The number of methoxy groups -OCH3 is 1. The van der Waals surface area contributed by atoms with Gasteiger partial charge in [0.15, 0.2) is 0 Å². The summed E-state index contributed by atoms with van der Waals surface area (Å²) in [6.45, 7) is 4.27. The fraction of sp³-hybridized carbons (Fsp3) is 0.320. The summed E-state index contributed by atoms with van der Waals surface area (Å²) < 4.78 is 34.8. The molecule has 0 atom stereocenters. The number of rotatable bonds is 7. The van der Waals surface area contributed by atoms with Crippen LogP contribution in [0.2, 0.25) is 0 Å². The van der Waals surface area contributed by atoms with E-state index in [-0.39, 0.29) is 21.9 Å². The van der Waals surface area contributed by atoms with E-state index in [1.54, 1.807) is 18.5 Å². The van der Waals surface area contributed by atoms with Crippen molar-refractivity contribution >= 4 is 27.4 Å². The predicted octanol–water partition coefficient (Wildman–Crippen LogP) is 3.49. The second kappa shape index (κ2) is 10.0. The number of carbonyl (C=O) groups is 2. The molecule has 9 nitrogen and oxygen atoms in total. The number of hydrogen-bond donors (Lipinski definition) is 1. The van der Waals surface area contributed by atoms with E-state index in [4.69, 9.17) is 4.74 Å². The van der Waals surface area contributed by atoms with Gasteiger partial charge >= 0.3 is 0 Å². The number of piperidine rings is 1. The molecule has 1 aliphatic heterocycles. The Balaban J connectivity index is 1.61. The maximum Gasteiger partial charge on any atom is 0.296 e. The normalized spacial score (nSPS) is 14.5. The van der Waals surface area contributed by atoms with E-state index in [1.165, 1.54) is 29.6 Å². The molecule has 1 fully saturated rings. The largest absolute Gasteiger partial charge is 0.495 e. The van der Waals surface area contributed by atoms with Crippen LogP contribution in [0.4, 0.5) is 5.69 Å². The van der Waals surface area contributed by atoms with Gasteiger partial charge in [0.25, 0.3) is 11.7 Å². The average Bonchev–Trinajstić information content (AvgIpc) is 3.18. The van der Waals surface area contributed by atoms with Gasteiger partial charge in [-0.3, -0.25) is 9.59 Å². The smallest absolute Gasteiger partial charge is 0.296 e. The Morgan fingerprint density at radius 2 is 1.69 bits per heavy atom. The van der Waals surface area contributed by atoms with Crippen LogP contribution in [0, 0.1) is 13.8 Å². The summed E-state index contributed by atoms with van der Waals surface area (Å²) in [5, 5.41) is 6.97. The minimum Gasteiger partial charge on any atom is -0.495 e. The number of anilines is 1. The maximum atomic E-state index is 13.2. The van der Waals surface area contributed by atoms with Gasteiger partial charge in [-0.05, 0) is 57.0 Å². The first-order chi connectivity index (χ1) is 16.7. The molecule has 0 spiro atoms. The number of aryl methyl sites for hydroxylation is 1. The minimum absolute atomic E-state index is 0.0450. The summed E-state index contributed by atoms with van der Waals surface area (Å²) in [7, 11) is -2.43. The quantitative estimate of drug-likeness (QED) is 0.396. The van der Waals surface area contributed by atoms with E-state index in [0.29, 0.717) is 24.5 Å². The molecule has 1 aromatic heterocycles. The molecule has 1 N–H and O–H groups in total. The number of benzene rings is 2. The summed E-state index contributed by atoms with van der Waals surface area (Å²) in [6.07, 6.45) is 2.57. The third-order valence-corrected chi connectivity index (χ3v) is 8.00. The van der Waals surface area contributed by atoms with Gasteiger partial charge in [0, 0.05) is 18.8 Å². The first-order valence-corrected chi connectivity index (χ1v) is 12.8. The van der Waals surface area contributed by atoms with Crippen LogP contribution in [-0.4, -0.2) is 54.4 Å². The van der Waals surface area contributed by atoms with E-state index < -0.39 is 21.7 Å². The fourth-order valence-corrected chi connectivity index (χ4v) is 5.99. The molecule has 0 aliphatic carbocycles. The van der Waals surface area contributed by atoms with Gasteiger partial charge in [0.1, 0.15) is 10.6 Å². The maximum absolute atomic E-state index is 13.2. The van der Waals surface area contributed by atoms with E-state index in [1.807, 2.05) is 30.3 Å². The number of amides is 1. The van der Waals surface area contributed by atoms with Crippen LogP contribution >= 0.6 is 0 Å². The molecular formula is C25H28N4O5S. The molecule has 35 heavy (non-hydrogen) atoms. The Bertz CT molecular complexity index is 1360. The first-order valence-electron chi connectivity index (χ1n) is 11.4. The molecule has 184 valence electrons. The topological polar surface area (TPSA) is 111 Å². The number of Topliss-reactive ketones (excluding diaryl/α,β-unsaturated/α-hetero) is 1. The number of hydrogen-bond acceptors (Lipinski definition) is 6. The highest BCUT2D eigenvalue weighted by atomic mass is 32.2. The van der Waals surface area contributed by atoms with Crippen molar-refractivity contribution in [3.05, 3.63) is 65.5 Å². The van der Waals surface area contributed by atoms with Crippen molar-refractivity contribution in [3.63, 3.8) is 0 Å². The second-order valence-electron chi connectivity index (χ2n) is 8.41. The van der Waals surface area contributed by atoms with Crippen molar-refractivity contribution in [1.82, 2.24) is 14.1 Å². The zero-order chi connectivity index (χ0) is 25.2. The molecule has 4 rings (SSSR count). The lowest BCUT2D eigenvalue weighted by Gasteiger charge is -2.26. The number of ketones is 1. The molecule has 3 aromatic rings. The lowest BCUT2D eigenvalue weighted by Crippen LogP contribution is -2.35. The Labute approximate surface area is 204 Å². The lowest BCUT2D eigenvalue weighted by atomic mass is 10.1. The molecule has 0 unspecified atom stereocenters. The number of sulfonamides is 1. The van der Waals surface area contributed by atoms with Crippen LogP contribution in [0.3, 0.4) is 0 Å². The number of nitrogens with one attached hydrogen (secondary N) is 1. The third-order valence-electron chi connectivity index (χ3n) is 6.08.